The molecule has 1 aliphatic rings. The zero-order valence-corrected chi connectivity index (χ0v) is 11.7. The van der Waals surface area contributed by atoms with Gasteiger partial charge in [-0.05, 0) is 18.8 Å². The van der Waals surface area contributed by atoms with Crippen LogP contribution in [0.25, 0.3) is 0 Å². The summed E-state index contributed by atoms with van der Waals surface area (Å²) in [5.74, 6) is 0.618. The van der Waals surface area contributed by atoms with E-state index in [4.69, 9.17) is 11.6 Å². The van der Waals surface area contributed by atoms with Crippen LogP contribution >= 0.6 is 11.6 Å². The standard InChI is InChI=1S/C11H22ClNO2S/c1-10(2)9-13(11-5-3-4-6-11)16(14,15)8-7-12/h10-11H,3-9H2,1-2H3. The van der Waals surface area contributed by atoms with E-state index in [2.05, 4.69) is 13.8 Å². The predicted octanol–water partition coefficient (Wildman–Crippen LogP) is 2.46. The molecule has 1 saturated carbocycles. The van der Waals surface area contributed by atoms with Gasteiger partial charge in [-0.2, -0.15) is 4.31 Å². The fourth-order valence-electron chi connectivity index (χ4n) is 2.26. The van der Waals surface area contributed by atoms with Gasteiger partial charge in [0.2, 0.25) is 10.0 Å². The van der Waals surface area contributed by atoms with Crippen molar-refractivity contribution < 1.29 is 8.42 Å². The smallest absolute Gasteiger partial charge is 0.212 e. The van der Waals surface area contributed by atoms with Crippen LogP contribution < -0.4 is 0 Å². The molecule has 0 N–H and O–H groups in total. The van der Waals surface area contributed by atoms with Crippen molar-refractivity contribution in [2.75, 3.05) is 18.2 Å². The Bertz CT molecular complexity index is 297. The van der Waals surface area contributed by atoms with Crippen LogP contribution in [0.2, 0.25) is 0 Å². The first-order valence-corrected chi connectivity index (χ1v) is 8.17. The Labute approximate surface area is 104 Å². The zero-order chi connectivity index (χ0) is 12.2. The molecule has 0 aliphatic heterocycles. The van der Waals surface area contributed by atoms with Crippen molar-refractivity contribution in [1.29, 1.82) is 0 Å². The highest BCUT2D eigenvalue weighted by molar-refractivity contribution is 7.89. The van der Waals surface area contributed by atoms with Gasteiger partial charge in [0.1, 0.15) is 0 Å². The van der Waals surface area contributed by atoms with E-state index < -0.39 is 10.0 Å². The molecule has 0 unspecified atom stereocenters. The van der Waals surface area contributed by atoms with Crippen molar-refractivity contribution >= 4 is 21.6 Å². The highest BCUT2D eigenvalue weighted by atomic mass is 35.5. The quantitative estimate of drug-likeness (QED) is 0.694. The third-order valence-electron chi connectivity index (χ3n) is 2.97. The molecule has 3 nitrogen and oxygen atoms in total. The number of hydrogen-bond donors (Lipinski definition) is 0. The fraction of sp³-hybridized carbons (Fsp3) is 1.00. The zero-order valence-electron chi connectivity index (χ0n) is 10.2. The van der Waals surface area contributed by atoms with Gasteiger partial charge in [-0.3, -0.25) is 0 Å². The number of rotatable bonds is 6. The highest BCUT2D eigenvalue weighted by Gasteiger charge is 2.31. The van der Waals surface area contributed by atoms with Crippen molar-refractivity contribution in [1.82, 2.24) is 4.31 Å². The molecule has 1 aliphatic carbocycles. The second-order valence-electron chi connectivity index (χ2n) is 4.91. The second-order valence-corrected chi connectivity index (χ2v) is 7.33. The van der Waals surface area contributed by atoms with Crippen LogP contribution in [-0.2, 0) is 10.0 Å². The monoisotopic (exact) mass is 267 g/mol. The van der Waals surface area contributed by atoms with Crippen LogP contribution in [0.15, 0.2) is 0 Å². The van der Waals surface area contributed by atoms with E-state index in [1.54, 1.807) is 4.31 Å². The van der Waals surface area contributed by atoms with Crippen LogP contribution in [0.1, 0.15) is 39.5 Å². The number of nitrogens with zero attached hydrogens (tertiary/aromatic N) is 1. The predicted molar refractivity (Wildman–Crippen MR) is 68.3 cm³/mol. The molecule has 0 atom stereocenters. The average molecular weight is 268 g/mol. The summed E-state index contributed by atoms with van der Waals surface area (Å²) in [5, 5.41) is 0. The maximum Gasteiger partial charge on any atom is 0.215 e. The van der Waals surface area contributed by atoms with Gasteiger partial charge in [0.15, 0.2) is 0 Å². The molecular formula is C11H22ClNO2S. The van der Waals surface area contributed by atoms with Gasteiger partial charge >= 0.3 is 0 Å². The molecule has 0 aromatic carbocycles. The van der Waals surface area contributed by atoms with Crippen molar-refractivity contribution in [2.45, 2.75) is 45.6 Å². The first-order chi connectivity index (χ1) is 7.47. The van der Waals surface area contributed by atoms with Gasteiger partial charge < -0.3 is 0 Å². The fourth-order valence-corrected chi connectivity index (χ4v) is 4.46. The minimum Gasteiger partial charge on any atom is -0.212 e. The summed E-state index contributed by atoms with van der Waals surface area (Å²) in [5.41, 5.74) is 0. The minimum absolute atomic E-state index is 0.0672. The average Bonchev–Trinajstić information content (AvgIpc) is 2.66. The molecule has 0 aromatic heterocycles. The maximum atomic E-state index is 12.1. The third-order valence-corrected chi connectivity index (χ3v) is 5.26. The van der Waals surface area contributed by atoms with E-state index in [0.29, 0.717) is 12.5 Å². The van der Waals surface area contributed by atoms with Crippen LogP contribution in [0, 0.1) is 5.92 Å². The van der Waals surface area contributed by atoms with Crippen molar-refractivity contribution in [3.63, 3.8) is 0 Å². The lowest BCUT2D eigenvalue weighted by molar-refractivity contribution is 0.293. The summed E-state index contributed by atoms with van der Waals surface area (Å²) >= 11 is 5.57. The molecule has 0 aromatic rings. The first-order valence-electron chi connectivity index (χ1n) is 6.03. The van der Waals surface area contributed by atoms with Crippen LogP contribution in [0.5, 0.6) is 0 Å². The van der Waals surface area contributed by atoms with Crippen molar-refractivity contribution in [2.24, 2.45) is 5.92 Å². The van der Waals surface area contributed by atoms with E-state index in [-0.39, 0.29) is 17.7 Å². The van der Waals surface area contributed by atoms with Gasteiger partial charge in [-0.1, -0.05) is 26.7 Å². The summed E-state index contributed by atoms with van der Waals surface area (Å²) in [6, 6.07) is 0.218. The lowest BCUT2D eigenvalue weighted by Crippen LogP contribution is -2.42. The topological polar surface area (TPSA) is 37.4 Å². The molecule has 1 rings (SSSR count). The number of sulfonamides is 1. The van der Waals surface area contributed by atoms with Crippen LogP contribution in [-0.4, -0.2) is 36.9 Å². The number of halogens is 1. The van der Waals surface area contributed by atoms with Gasteiger partial charge in [-0.25, -0.2) is 8.42 Å². The van der Waals surface area contributed by atoms with E-state index in [1.165, 1.54) is 0 Å². The third kappa shape index (κ3) is 3.90. The molecule has 1 fully saturated rings. The van der Waals surface area contributed by atoms with Crippen LogP contribution in [0.4, 0.5) is 0 Å². The summed E-state index contributed by atoms with van der Waals surface area (Å²) in [6.45, 7) is 4.74. The molecule has 96 valence electrons. The van der Waals surface area contributed by atoms with Gasteiger partial charge in [0, 0.05) is 18.5 Å². The summed E-state index contributed by atoms with van der Waals surface area (Å²) in [4.78, 5) is 0. The Morgan fingerprint density at radius 1 is 1.31 bits per heavy atom. The summed E-state index contributed by atoms with van der Waals surface area (Å²) < 4.78 is 25.9. The highest BCUT2D eigenvalue weighted by Crippen LogP contribution is 2.26. The number of hydrogen-bond acceptors (Lipinski definition) is 2. The molecule has 0 saturated heterocycles. The molecule has 0 bridgehead atoms. The normalized spacial score (nSPS) is 18.8. The van der Waals surface area contributed by atoms with E-state index in [9.17, 15) is 8.42 Å². The lowest BCUT2D eigenvalue weighted by Gasteiger charge is -2.29. The lowest BCUT2D eigenvalue weighted by atomic mass is 10.2. The summed E-state index contributed by atoms with van der Waals surface area (Å²) in [6.07, 6.45) is 4.31. The molecule has 5 heteroatoms. The summed E-state index contributed by atoms with van der Waals surface area (Å²) in [7, 11) is -3.15. The van der Waals surface area contributed by atoms with Gasteiger partial charge in [-0.15, -0.1) is 11.6 Å². The second kappa shape index (κ2) is 6.22. The van der Waals surface area contributed by atoms with Crippen molar-refractivity contribution in [3.8, 4) is 0 Å². The van der Waals surface area contributed by atoms with Crippen molar-refractivity contribution in [3.05, 3.63) is 0 Å². The molecular weight excluding hydrogens is 246 g/mol. The van der Waals surface area contributed by atoms with Crippen LogP contribution in [0.3, 0.4) is 0 Å². The van der Waals surface area contributed by atoms with E-state index in [0.717, 1.165) is 25.7 Å². The SMILES string of the molecule is CC(C)CN(C1CCCC1)S(=O)(=O)CCCl. The van der Waals surface area contributed by atoms with E-state index in [1.807, 2.05) is 0 Å². The Morgan fingerprint density at radius 3 is 2.31 bits per heavy atom. The minimum atomic E-state index is -3.15. The first kappa shape index (κ1) is 14.3. The number of alkyl halides is 1. The Morgan fingerprint density at radius 2 is 1.88 bits per heavy atom. The Hall–Kier alpha value is 0.200. The van der Waals surface area contributed by atoms with Gasteiger partial charge in [0.25, 0.3) is 0 Å². The molecule has 0 spiro atoms. The Balaban J connectivity index is 2.77. The molecule has 16 heavy (non-hydrogen) atoms. The molecule has 0 radical (unpaired) electrons. The largest absolute Gasteiger partial charge is 0.215 e. The molecule has 0 heterocycles. The van der Waals surface area contributed by atoms with Gasteiger partial charge in [0.05, 0.1) is 5.75 Å². The maximum absolute atomic E-state index is 12.1. The van der Waals surface area contributed by atoms with E-state index >= 15 is 0 Å². The molecule has 0 amide bonds. The Kier molecular flexibility index (Phi) is 5.54.